The molecule has 0 radical (unpaired) electrons. The summed E-state index contributed by atoms with van der Waals surface area (Å²) in [5, 5.41) is 0. The van der Waals surface area contributed by atoms with Gasteiger partial charge in [-0.25, -0.2) is 0 Å². The maximum atomic E-state index is 12.1. The van der Waals surface area contributed by atoms with Crippen LogP contribution in [-0.2, 0) is 0 Å². The van der Waals surface area contributed by atoms with Crippen LogP contribution in [0, 0.1) is 0 Å². The van der Waals surface area contributed by atoms with Crippen LogP contribution in [0.3, 0.4) is 0 Å². The van der Waals surface area contributed by atoms with Crippen LogP contribution in [0.5, 0.6) is 5.75 Å². The van der Waals surface area contributed by atoms with Gasteiger partial charge in [0.2, 0.25) is 0 Å². The first kappa shape index (κ1) is 13.2. The van der Waals surface area contributed by atoms with Crippen LogP contribution in [0.2, 0.25) is 0 Å². The van der Waals surface area contributed by atoms with Crippen molar-refractivity contribution in [1.82, 2.24) is 0 Å². The molecule has 0 saturated carbocycles. The molecule has 0 fully saturated rings. The van der Waals surface area contributed by atoms with Crippen molar-refractivity contribution < 1.29 is 17.9 Å². The zero-order valence-electron chi connectivity index (χ0n) is 9.91. The molecular formula is C13H16F3NO. The fraction of sp³-hybridized carbons (Fsp3) is 0.538. The molecule has 1 heterocycles. The normalized spacial score (nSPS) is 20.3. The van der Waals surface area contributed by atoms with Crippen molar-refractivity contribution in [3.63, 3.8) is 0 Å². The quantitative estimate of drug-likeness (QED) is 0.901. The molecule has 2 unspecified atom stereocenters. The SMILES string of the molecule is NC(CCCC(F)(F)F)C1COc2ccccc21. The summed E-state index contributed by atoms with van der Waals surface area (Å²) in [7, 11) is 0. The lowest BCUT2D eigenvalue weighted by Gasteiger charge is -2.18. The van der Waals surface area contributed by atoms with Gasteiger partial charge in [0.1, 0.15) is 5.75 Å². The van der Waals surface area contributed by atoms with Crippen LogP contribution < -0.4 is 10.5 Å². The van der Waals surface area contributed by atoms with E-state index in [1.807, 2.05) is 24.3 Å². The second-order valence-electron chi connectivity index (χ2n) is 4.63. The second kappa shape index (κ2) is 5.18. The van der Waals surface area contributed by atoms with Crippen LogP contribution in [0.1, 0.15) is 30.7 Å². The Kier molecular flexibility index (Phi) is 3.80. The third-order valence-corrected chi connectivity index (χ3v) is 3.25. The molecule has 18 heavy (non-hydrogen) atoms. The Morgan fingerprint density at radius 2 is 2.06 bits per heavy atom. The minimum atomic E-state index is -4.09. The number of fused-ring (bicyclic) bond motifs is 1. The van der Waals surface area contributed by atoms with Gasteiger partial charge in [0, 0.05) is 23.9 Å². The highest BCUT2D eigenvalue weighted by Gasteiger charge is 2.31. The summed E-state index contributed by atoms with van der Waals surface area (Å²) in [6, 6.07) is 7.27. The first-order valence-electron chi connectivity index (χ1n) is 6.01. The van der Waals surface area contributed by atoms with Crippen molar-refractivity contribution in [2.24, 2.45) is 5.73 Å². The van der Waals surface area contributed by atoms with Gasteiger partial charge in [0.25, 0.3) is 0 Å². The summed E-state index contributed by atoms with van der Waals surface area (Å²) in [6.45, 7) is 0.465. The maximum Gasteiger partial charge on any atom is 0.389 e. The number of ether oxygens (including phenoxy) is 1. The fourth-order valence-corrected chi connectivity index (χ4v) is 2.28. The fourth-order valence-electron chi connectivity index (χ4n) is 2.28. The zero-order valence-corrected chi connectivity index (χ0v) is 9.91. The van der Waals surface area contributed by atoms with Gasteiger partial charge in [-0.05, 0) is 18.9 Å². The Morgan fingerprint density at radius 3 is 2.78 bits per heavy atom. The highest BCUT2D eigenvalue weighted by atomic mass is 19.4. The summed E-state index contributed by atoms with van der Waals surface area (Å²) < 4.78 is 41.6. The summed E-state index contributed by atoms with van der Waals surface area (Å²) in [5.41, 5.74) is 6.99. The molecule has 100 valence electrons. The van der Waals surface area contributed by atoms with Crippen molar-refractivity contribution in [3.05, 3.63) is 29.8 Å². The van der Waals surface area contributed by atoms with Gasteiger partial charge < -0.3 is 10.5 Å². The largest absolute Gasteiger partial charge is 0.493 e. The topological polar surface area (TPSA) is 35.2 Å². The van der Waals surface area contributed by atoms with Crippen molar-refractivity contribution >= 4 is 0 Å². The number of alkyl halides is 3. The number of para-hydroxylation sites is 1. The van der Waals surface area contributed by atoms with E-state index in [-0.39, 0.29) is 18.4 Å². The molecule has 1 aliphatic heterocycles. The number of halogens is 3. The number of rotatable bonds is 4. The molecule has 1 aromatic carbocycles. The van der Waals surface area contributed by atoms with E-state index >= 15 is 0 Å². The molecule has 1 aliphatic rings. The zero-order chi connectivity index (χ0) is 13.2. The Hall–Kier alpha value is -1.23. The van der Waals surface area contributed by atoms with Crippen LogP contribution >= 0.6 is 0 Å². The minimum absolute atomic E-state index is 0.00873. The number of hydrogen-bond donors (Lipinski definition) is 1. The molecule has 0 bridgehead atoms. The molecule has 0 saturated heterocycles. The summed E-state index contributed by atoms with van der Waals surface area (Å²) in [4.78, 5) is 0. The van der Waals surface area contributed by atoms with E-state index in [0.29, 0.717) is 13.0 Å². The third-order valence-electron chi connectivity index (χ3n) is 3.25. The Bertz CT molecular complexity index is 405. The lowest BCUT2D eigenvalue weighted by molar-refractivity contribution is -0.135. The van der Waals surface area contributed by atoms with Crippen LogP contribution in [0.15, 0.2) is 24.3 Å². The average Bonchev–Trinajstić information content (AvgIpc) is 2.70. The van der Waals surface area contributed by atoms with Crippen molar-refractivity contribution in [3.8, 4) is 5.75 Å². The first-order chi connectivity index (χ1) is 8.47. The van der Waals surface area contributed by atoms with Crippen LogP contribution in [0.25, 0.3) is 0 Å². The van der Waals surface area contributed by atoms with Gasteiger partial charge in [-0.3, -0.25) is 0 Å². The molecule has 2 N–H and O–H groups in total. The predicted octanol–water partition coefficient (Wildman–Crippen LogP) is 3.22. The number of hydrogen-bond acceptors (Lipinski definition) is 2. The summed E-state index contributed by atoms with van der Waals surface area (Å²) >= 11 is 0. The van der Waals surface area contributed by atoms with E-state index in [0.717, 1.165) is 11.3 Å². The first-order valence-corrected chi connectivity index (χ1v) is 6.01. The monoisotopic (exact) mass is 259 g/mol. The molecule has 0 spiro atoms. The average molecular weight is 259 g/mol. The smallest absolute Gasteiger partial charge is 0.389 e. The molecular weight excluding hydrogens is 243 g/mol. The van der Waals surface area contributed by atoms with Gasteiger partial charge >= 0.3 is 6.18 Å². The van der Waals surface area contributed by atoms with Gasteiger partial charge in [-0.1, -0.05) is 18.2 Å². The standard InChI is InChI=1S/C13H16F3NO/c14-13(15,16)7-3-5-11(17)10-8-18-12-6-2-1-4-9(10)12/h1-2,4,6,10-11H,3,5,7-8,17H2. The van der Waals surface area contributed by atoms with E-state index < -0.39 is 12.6 Å². The van der Waals surface area contributed by atoms with Gasteiger partial charge in [0.15, 0.2) is 0 Å². The summed E-state index contributed by atoms with van der Waals surface area (Å²) in [6.07, 6.45) is -4.43. The maximum absolute atomic E-state index is 12.1. The van der Waals surface area contributed by atoms with E-state index in [1.165, 1.54) is 0 Å². The molecule has 0 aliphatic carbocycles. The van der Waals surface area contributed by atoms with Crippen molar-refractivity contribution in [2.75, 3.05) is 6.61 Å². The van der Waals surface area contributed by atoms with Crippen molar-refractivity contribution in [2.45, 2.75) is 37.4 Å². The molecule has 2 rings (SSSR count). The van der Waals surface area contributed by atoms with Crippen LogP contribution in [0.4, 0.5) is 13.2 Å². The number of nitrogens with two attached hydrogens (primary N) is 1. The second-order valence-corrected chi connectivity index (χ2v) is 4.63. The Balaban J connectivity index is 1.89. The lowest BCUT2D eigenvalue weighted by Crippen LogP contribution is -2.29. The van der Waals surface area contributed by atoms with Crippen molar-refractivity contribution in [1.29, 1.82) is 0 Å². The highest BCUT2D eigenvalue weighted by Crippen LogP contribution is 2.36. The number of benzene rings is 1. The van der Waals surface area contributed by atoms with Gasteiger partial charge in [-0.2, -0.15) is 13.2 Å². The van der Waals surface area contributed by atoms with Crippen LogP contribution in [-0.4, -0.2) is 18.8 Å². The molecule has 2 atom stereocenters. The molecule has 5 heteroatoms. The van der Waals surface area contributed by atoms with E-state index in [2.05, 4.69) is 0 Å². The Labute approximate surface area is 104 Å². The highest BCUT2D eigenvalue weighted by molar-refractivity contribution is 5.40. The lowest BCUT2D eigenvalue weighted by atomic mass is 9.91. The molecule has 0 amide bonds. The molecule has 0 aromatic heterocycles. The van der Waals surface area contributed by atoms with Gasteiger partial charge in [-0.15, -0.1) is 0 Å². The molecule has 2 nitrogen and oxygen atoms in total. The predicted molar refractivity (Wildman–Crippen MR) is 62.6 cm³/mol. The van der Waals surface area contributed by atoms with E-state index in [4.69, 9.17) is 10.5 Å². The van der Waals surface area contributed by atoms with E-state index in [9.17, 15) is 13.2 Å². The minimum Gasteiger partial charge on any atom is -0.493 e. The molecule has 1 aromatic rings. The van der Waals surface area contributed by atoms with Gasteiger partial charge in [0.05, 0.1) is 6.61 Å². The van der Waals surface area contributed by atoms with E-state index in [1.54, 1.807) is 0 Å². The third kappa shape index (κ3) is 3.16. The Morgan fingerprint density at radius 1 is 1.33 bits per heavy atom. The summed E-state index contributed by atoms with van der Waals surface area (Å²) in [5.74, 6) is 0.809.